The van der Waals surface area contributed by atoms with Crippen LogP contribution >= 0.6 is 0 Å². The van der Waals surface area contributed by atoms with Crippen molar-refractivity contribution in [1.29, 1.82) is 0 Å². The minimum Gasteiger partial charge on any atom is -0.450 e. The number of unbranched alkanes of at least 4 members (excludes halogenated alkanes) is 3. The second kappa shape index (κ2) is 13.5. The van der Waals surface area contributed by atoms with Crippen LogP contribution in [0.4, 0.5) is 4.79 Å². The zero-order valence-corrected chi connectivity index (χ0v) is 11.4. The molecule has 1 N–H and O–H groups in total. The molecule has 0 bridgehead atoms. The summed E-state index contributed by atoms with van der Waals surface area (Å²) in [4.78, 5) is 14.5. The fourth-order valence-electron chi connectivity index (χ4n) is 1.24. The van der Waals surface area contributed by atoms with Gasteiger partial charge in [0.25, 0.3) is 0 Å². The fraction of sp³-hybridized carbons (Fsp3) is 0.571. The first-order valence-corrected chi connectivity index (χ1v) is 6.56. The Labute approximate surface area is 110 Å². The van der Waals surface area contributed by atoms with Gasteiger partial charge in [0.2, 0.25) is 0 Å². The molecule has 0 fully saturated rings. The molecule has 0 saturated heterocycles. The second-order valence-corrected chi connectivity index (χ2v) is 3.73. The smallest absolute Gasteiger partial charge is 0.407 e. The standard InChI is InChI=1S/C9H19NO2.C5H5N/c1-3-5-6-7-8-10-9(11)12-4-2;1-2-4-6-5-3-1/h3-8H2,1-2H3,(H,10,11);1-5H. The Balaban J connectivity index is 0.000000397. The molecular formula is C14H24N2O2. The highest BCUT2D eigenvalue weighted by molar-refractivity contribution is 5.66. The van der Waals surface area contributed by atoms with Gasteiger partial charge in [0, 0.05) is 18.9 Å². The van der Waals surface area contributed by atoms with E-state index in [1.807, 2.05) is 18.2 Å². The molecule has 0 atom stereocenters. The number of carbonyl (C=O) groups excluding carboxylic acids is 1. The molecule has 1 aromatic rings. The van der Waals surface area contributed by atoms with Gasteiger partial charge < -0.3 is 10.1 Å². The molecule has 0 unspecified atom stereocenters. The number of ether oxygens (including phenoxy) is 1. The molecule has 0 aliphatic rings. The molecule has 0 saturated carbocycles. The molecule has 102 valence electrons. The number of rotatable bonds is 6. The molecule has 0 aromatic carbocycles. The van der Waals surface area contributed by atoms with Crippen LogP contribution in [0.2, 0.25) is 0 Å². The number of nitrogens with one attached hydrogen (secondary N) is 1. The number of carbonyl (C=O) groups is 1. The summed E-state index contributed by atoms with van der Waals surface area (Å²) in [5.74, 6) is 0. The monoisotopic (exact) mass is 252 g/mol. The van der Waals surface area contributed by atoms with Crippen molar-refractivity contribution in [3.63, 3.8) is 0 Å². The van der Waals surface area contributed by atoms with E-state index in [4.69, 9.17) is 4.74 Å². The zero-order chi connectivity index (χ0) is 13.5. The normalized spacial score (nSPS) is 9.00. The first-order valence-electron chi connectivity index (χ1n) is 6.56. The van der Waals surface area contributed by atoms with Crippen molar-refractivity contribution in [2.75, 3.05) is 13.2 Å². The number of nitrogens with zero attached hydrogens (tertiary/aromatic N) is 1. The van der Waals surface area contributed by atoms with E-state index < -0.39 is 0 Å². The lowest BCUT2D eigenvalue weighted by Crippen LogP contribution is -2.25. The number of alkyl carbamates (subject to hydrolysis) is 1. The van der Waals surface area contributed by atoms with Crippen molar-refractivity contribution >= 4 is 6.09 Å². The number of hydrogen-bond donors (Lipinski definition) is 1. The molecule has 1 aromatic heterocycles. The van der Waals surface area contributed by atoms with Crippen molar-refractivity contribution in [2.45, 2.75) is 39.5 Å². The summed E-state index contributed by atoms with van der Waals surface area (Å²) in [6.07, 6.45) is 7.90. The van der Waals surface area contributed by atoms with E-state index in [1.165, 1.54) is 19.3 Å². The van der Waals surface area contributed by atoms with Gasteiger partial charge in [0.15, 0.2) is 0 Å². The first kappa shape index (κ1) is 16.4. The maximum absolute atomic E-state index is 10.7. The molecule has 4 nitrogen and oxygen atoms in total. The lowest BCUT2D eigenvalue weighted by Gasteiger charge is -2.03. The second-order valence-electron chi connectivity index (χ2n) is 3.73. The lowest BCUT2D eigenvalue weighted by atomic mass is 10.2. The van der Waals surface area contributed by atoms with E-state index in [2.05, 4.69) is 17.2 Å². The Hall–Kier alpha value is -1.58. The van der Waals surface area contributed by atoms with Gasteiger partial charge in [-0.25, -0.2) is 4.79 Å². The number of amides is 1. The Morgan fingerprint density at radius 2 is 1.83 bits per heavy atom. The summed E-state index contributed by atoms with van der Waals surface area (Å²) < 4.78 is 4.70. The highest BCUT2D eigenvalue weighted by Gasteiger charge is 1.96. The van der Waals surface area contributed by atoms with Crippen LogP contribution in [-0.2, 0) is 4.74 Å². The van der Waals surface area contributed by atoms with Gasteiger partial charge in [0.05, 0.1) is 6.61 Å². The van der Waals surface area contributed by atoms with Crippen LogP contribution in [0.3, 0.4) is 0 Å². The molecule has 1 amide bonds. The lowest BCUT2D eigenvalue weighted by molar-refractivity contribution is 0.152. The van der Waals surface area contributed by atoms with Gasteiger partial charge in [-0.1, -0.05) is 32.3 Å². The third-order valence-corrected chi connectivity index (χ3v) is 2.14. The summed E-state index contributed by atoms with van der Waals surface area (Å²) >= 11 is 0. The Bertz CT molecular complexity index is 252. The Morgan fingerprint density at radius 3 is 2.28 bits per heavy atom. The summed E-state index contributed by atoms with van der Waals surface area (Å²) in [6.45, 7) is 5.15. The molecule has 0 aliphatic carbocycles. The van der Waals surface area contributed by atoms with Gasteiger partial charge in [-0.2, -0.15) is 0 Å². The van der Waals surface area contributed by atoms with E-state index in [-0.39, 0.29) is 6.09 Å². The van der Waals surface area contributed by atoms with Gasteiger partial charge in [0.1, 0.15) is 0 Å². The Kier molecular flexibility index (Phi) is 12.3. The molecule has 18 heavy (non-hydrogen) atoms. The van der Waals surface area contributed by atoms with Crippen LogP contribution in [0, 0.1) is 0 Å². The fourth-order valence-corrected chi connectivity index (χ4v) is 1.24. The van der Waals surface area contributed by atoms with Gasteiger partial charge in [-0.05, 0) is 25.5 Å². The molecule has 0 aliphatic heterocycles. The summed E-state index contributed by atoms with van der Waals surface area (Å²) in [5, 5.41) is 2.68. The van der Waals surface area contributed by atoms with Crippen LogP contribution in [0.25, 0.3) is 0 Å². The third kappa shape index (κ3) is 12.5. The maximum atomic E-state index is 10.7. The minimum absolute atomic E-state index is 0.297. The average Bonchev–Trinajstić information content (AvgIpc) is 2.41. The largest absolute Gasteiger partial charge is 0.450 e. The van der Waals surface area contributed by atoms with E-state index in [1.54, 1.807) is 19.3 Å². The van der Waals surface area contributed by atoms with Crippen molar-refractivity contribution in [3.8, 4) is 0 Å². The summed E-state index contributed by atoms with van der Waals surface area (Å²) in [5.41, 5.74) is 0. The molecule has 0 radical (unpaired) electrons. The van der Waals surface area contributed by atoms with Gasteiger partial charge >= 0.3 is 6.09 Å². The van der Waals surface area contributed by atoms with E-state index in [9.17, 15) is 4.79 Å². The average molecular weight is 252 g/mol. The maximum Gasteiger partial charge on any atom is 0.407 e. The number of hydrogen-bond acceptors (Lipinski definition) is 3. The van der Waals surface area contributed by atoms with E-state index in [0.717, 1.165) is 13.0 Å². The van der Waals surface area contributed by atoms with Crippen molar-refractivity contribution < 1.29 is 9.53 Å². The molecule has 1 rings (SSSR count). The van der Waals surface area contributed by atoms with Crippen molar-refractivity contribution in [2.24, 2.45) is 0 Å². The SMILES string of the molecule is CCCCCCNC(=O)OCC.c1ccncc1. The molecule has 4 heteroatoms. The topological polar surface area (TPSA) is 51.2 Å². The van der Waals surface area contributed by atoms with Crippen LogP contribution in [0.15, 0.2) is 30.6 Å². The predicted octanol–water partition coefficient (Wildman–Crippen LogP) is 3.39. The van der Waals surface area contributed by atoms with E-state index >= 15 is 0 Å². The third-order valence-electron chi connectivity index (χ3n) is 2.14. The molecule has 0 spiro atoms. The van der Waals surface area contributed by atoms with Crippen LogP contribution < -0.4 is 5.32 Å². The Morgan fingerprint density at radius 1 is 1.11 bits per heavy atom. The van der Waals surface area contributed by atoms with Crippen molar-refractivity contribution in [1.82, 2.24) is 10.3 Å². The van der Waals surface area contributed by atoms with Crippen LogP contribution in [0.5, 0.6) is 0 Å². The van der Waals surface area contributed by atoms with Crippen molar-refractivity contribution in [3.05, 3.63) is 30.6 Å². The van der Waals surface area contributed by atoms with Crippen LogP contribution in [-0.4, -0.2) is 24.2 Å². The number of pyridine rings is 1. The quantitative estimate of drug-likeness (QED) is 0.789. The highest BCUT2D eigenvalue weighted by Crippen LogP contribution is 1.96. The molecule has 1 heterocycles. The van der Waals surface area contributed by atoms with Gasteiger partial charge in [-0.3, -0.25) is 4.98 Å². The summed E-state index contributed by atoms with van der Waals surface area (Å²) in [6, 6.07) is 5.72. The van der Waals surface area contributed by atoms with Gasteiger partial charge in [-0.15, -0.1) is 0 Å². The zero-order valence-electron chi connectivity index (χ0n) is 11.4. The van der Waals surface area contributed by atoms with E-state index in [0.29, 0.717) is 6.61 Å². The van der Waals surface area contributed by atoms with Crippen LogP contribution in [0.1, 0.15) is 39.5 Å². The number of aromatic nitrogens is 1. The first-order chi connectivity index (χ1) is 8.81. The highest BCUT2D eigenvalue weighted by atomic mass is 16.5. The minimum atomic E-state index is -0.297. The summed E-state index contributed by atoms with van der Waals surface area (Å²) in [7, 11) is 0. The predicted molar refractivity (Wildman–Crippen MR) is 73.4 cm³/mol. The molecular weight excluding hydrogens is 228 g/mol.